The molecular weight excluding hydrogens is 322 g/mol. The molecule has 0 aliphatic heterocycles. The number of benzene rings is 2. The standard InChI is InChI=1S/C19H17NO5/c1-23-12-14-9-5-6-10-15(14)16-17(19(21)22)25-20-18(16)24-11-13-7-3-2-4-8-13/h2-10H,11-12H2,1H3,(H,21,22). The number of aromatic carboxylic acids is 1. The Morgan fingerprint density at radius 1 is 1.08 bits per heavy atom. The van der Waals surface area contributed by atoms with Gasteiger partial charge in [0.25, 0.3) is 11.6 Å². The van der Waals surface area contributed by atoms with Crippen LogP contribution < -0.4 is 4.74 Å². The normalized spacial score (nSPS) is 10.6. The van der Waals surface area contributed by atoms with E-state index in [0.717, 1.165) is 11.1 Å². The number of carboxylic acid groups (broad SMARTS) is 1. The van der Waals surface area contributed by atoms with Gasteiger partial charge < -0.3 is 19.1 Å². The summed E-state index contributed by atoms with van der Waals surface area (Å²) in [4.78, 5) is 11.5. The summed E-state index contributed by atoms with van der Waals surface area (Å²) in [7, 11) is 1.58. The van der Waals surface area contributed by atoms with E-state index in [1.54, 1.807) is 13.2 Å². The van der Waals surface area contributed by atoms with Gasteiger partial charge in [0, 0.05) is 7.11 Å². The lowest BCUT2D eigenvalue weighted by Gasteiger charge is -2.10. The topological polar surface area (TPSA) is 81.8 Å². The minimum absolute atomic E-state index is 0.143. The Hall–Kier alpha value is -3.12. The number of hydrogen-bond acceptors (Lipinski definition) is 5. The third-order valence-electron chi connectivity index (χ3n) is 3.66. The summed E-state index contributed by atoms with van der Waals surface area (Å²) in [5.74, 6) is -1.32. The van der Waals surface area contributed by atoms with Crippen LogP contribution in [0, 0.1) is 0 Å². The second-order valence-corrected chi connectivity index (χ2v) is 5.36. The van der Waals surface area contributed by atoms with Crippen molar-refractivity contribution in [3.05, 3.63) is 71.5 Å². The number of aromatic nitrogens is 1. The second kappa shape index (κ2) is 7.63. The number of methoxy groups -OCH3 is 1. The van der Waals surface area contributed by atoms with E-state index in [1.165, 1.54) is 0 Å². The van der Waals surface area contributed by atoms with Crippen LogP contribution in [0.25, 0.3) is 11.1 Å². The highest BCUT2D eigenvalue weighted by Gasteiger charge is 2.26. The van der Waals surface area contributed by atoms with Crippen LogP contribution in [-0.2, 0) is 18.0 Å². The number of ether oxygens (including phenoxy) is 2. The lowest BCUT2D eigenvalue weighted by atomic mass is 10.0. The van der Waals surface area contributed by atoms with E-state index in [-0.39, 0.29) is 18.2 Å². The van der Waals surface area contributed by atoms with E-state index < -0.39 is 5.97 Å². The van der Waals surface area contributed by atoms with Crippen molar-refractivity contribution in [2.45, 2.75) is 13.2 Å². The van der Waals surface area contributed by atoms with Gasteiger partial charge in [-0.3, -0.25) is 0 Å². The Balaban J connectivity index is 1.99. The molecule has 6 heteroatoms. The van der Waals surface area contributed by atoms with Crippen molar-refractivity contribution in [3.8, 4) is 17.0 Å². The van der Waals surface area contributed by atoms with E-state index in [1.807, 2.05) is 48.5 Å². The van der Waals surface area contributed by atoms with Gasteiger partial charge in [0.05, 0.1) is 6.61 Å². The molecule has 2 aromatic carbocycles. The molecule has 0 unspecified atom stereocenters. The van der Waals surface area contributed by atoms with Crippen molar-refractivity contribution in [2.24, 2.45) is 0 Å². The van der Waals surface area contributed by atoms with Gasteiger partial charge in [0.2, 0.25) is 0 Å². The second-order valence-electron chi connectivity index (χ2n) is 5.36. The fourth-order valence-corrected chi connectivity index (χ4v) is 2.53. The minimum atomic E-state index is -1.20. The molecule has 3 aromatic rings. The Morgan fingerprint density at radius 3 is 2.52 bits per heavy atom. The molecule has 0 fully saturated rings. The molecule has 0 aliphatic rings. The Labute approximate surface area is 144 Å². The van der Waals surface area contributed by atoms with Gasteiger partial charge in [-0.1, -0.05) is 54.6 Å². The third-order valence-corrected chi connectivity index (χ3v) is 3.66. The average molecular weight is 339 g/mol. The fourth-order valence-electron chi connectivity index (χ4n) is 2.53. The Bertz CT molecular complexity index is 857. The highest BCUT2D eigenvalue weighted by molar-refractivity contribution is 5.95. The zero-order valence-electron chi connectivity index (χ0n) is 13.6. The van der Waals surface area contributed by atoms with Crippen molar-refractivity contribution < 1.29 is 23.9 Å². The monoisotopic (exact) mass is 339 g/mol. The molecule has 0 saturated heterocycles. The number of carboxylic acids is 1. The van der Waals surface area contributed by atoms with Gasteiger partial charge in [-0.15, -0.1) is 0 Å². The molecule has 0 spiro atoms. The molecule has 1 aromatic heterocycles. The van der Waals surface area contributed by atoms with Crippen molar-refractivity contribution >= 4 is 5.97 Å². The molecule has 0 amide bonds. The largest absolute Gasteiger partial charge is 0.475 e. The number of nitrogens with zero attached hydrogens (tertiary/aromatic N) is 1. The maximum absolute atomic E-state index is 11.5. The smallest absolute Gasteiger partial charge is 0.375 e. The quantitative estimate of drug-likeness (QED) is 0.706. The van der Waals surface area contributed by atoms with Crippen LogP contribution in [0.15, 0.2) is 59.1 Å². The van der Waals surface area contributed by atoms with E-state index in [9.17, 15) is 9.90 Å². The number of carbonyl (C=O) groups is 1. The summed E-state index contributed by atoms with van der Waals surface area (Å²) >= 11 is 0. The molecule has 25 heavy (non-hydrogen) atoms. The maximum Gasteiger partial charge on any atom is 0.375 e. The van der Waals surface area contributed by atoms with Crippen molar-refractivity contribution in [2.75, 3.05) is 7.11 Å². The summed E-state index contributed by atoms with van der Waals surface area (Å²) in [6, 6.07) is 16.9. The molecule has 128 valence electrons. The highest BCUT2D eigenvalue weighted by Crippen LogP contribution is 2.36. The number of hydrogen-bond donors (Lipinski definition) is 1. The van der Waals surface area contributed by atoms with E-state index in [4.69, 9.17) is 14.0 Å². The maximum atomic E-state index is 11.5. The molecule has 0 atom stereocenters. The molecule has 1 heterocycles. The average Bonchev–Trinajstić information content (AvgIpc) is 3.06. The predicted molar refractivity (Wildman–Crippen MR) is 90.4 cm³/mol. The summed E-state index contributed by atoms with van der Waals surface area (Å²) < 4.78 is 15.9. The van der Waals surface area contributed by atoms with Crippen LogP contribution in [0.4, 0.5) is 0 Å². The first-order valence-electron chi connectivity index (χ1n) is 7.67. The fraction of sp³-hybridized carbons (Fsp3) is 0.158. The van der Waals surface area contributed by atoms with Crippen LogP contribution in [0.3, 0.4) is 0 Å². The summed E-state index contributed by atoms with van der Waals surface area (Å²) in [5.41, 5.74) is 2.74. The summed E-state index contributed by atoms with van der Waals surface area (Å²) in [6.45, 7) is 0.588. The van der Waals surface area contributed by atoms with Crippen molar-refractivity contribution in [1.29, 1.82) is 0 Å². The third kappa shape index (κ3) is 3.70. The molecular formula is C19H17NO5. The summed E-state index contributed by atoms with van der Waals surface area (Å²) in [5, 5.41) is 13.2. The van der Waals surface area contributed by atoms with Crippen LogP contribution in [0.2, 0.25) is 0 Å². The minimum Gasteiger partial charge on any atom is -0.475 e. The highest BCUT2D eigenvalue weighted by atomic mass is 16.5. The Morgan fingerprint density at radius 2 is 1.80 bits per heavy atom. The lowest BCUT2D eigenvalue weighted by molar-refractivity contribution is 0.0652. The van der Waals surface area contributed by atoms with E-state index in [0.29, 0.717) is 17.7 Å². The molecule has 6 nitrogen and oxygen atoms in total. The van der Waals surface area contributed by atoms with Gasteiger partial charge >= 0.3 is 5.97 Å². The SMILES string of the molecule is COCc1ccccc1-c1c(OCc2ccccc2)noc1C(=O)O. The van der Waals surface area contributed by atoms with Crippen LogP contribution in [0.1, 0.15) is 21.7 Å². The van der Waals surface area contributed by atoms with Gasteiger partial charge in [0.15, 0.2) is 0 Å². The Kier molecular flexibility index (Phi) is 5.11. The van der Waals surface area contributed by atoms with Gasteiger partial charge in [-0.05, 0) is 21.8 Å². The molecule has 1 N–H and O–H groups in total. The molecule has 0 radical (unpaired) electrons. The van der Waals surface area contributed by atoms with E-state index >= 15 is 0 Å². The van der Waals surface area contributed by atoms with Crippen LogP contribution >= 0.6 is 0 Å². The van der Waals surface area contributed by atoms with Crippen LogP contribution in [-0.4, -0.2) is 23.3 Å². The lowest BCUT2D eigenvalue weighted by Crippen LogP contribution is -2.01. The zero-order chi connectivity index (χ0) is 17.6. The van der Waals surface area contributed by atoms with Gasteiger partial charge in [-0.2, -0.15) is 0 Å². The van der Waals surface area contributed by atoms with Crippen molar-refractivity contribution in [1.82, 2.24) is 5.16 Å². The van der Waals surface area contributed by atoms with Gasteiger partial charge in [-0.25, -0.2) is 4.79 Å². The van der Waals surface area contributed by atoms with Crippen molar-refractivity contribution in [3.63, 3.8) is 0 Å². The summed E-state index contributed by atoms with van der Waals surface area (Å²) in [6.07, 6.45) is 0. The predicted octanol–water partition coefficient (Wildman–Crippen LogP) is 3.77. The number of rotatable bonds is 7. The van der Waals surface area contributed by atoms with E-state index in [2.05, 4.69) is 5.16 Å². The molecule has 0 saturated carbocycles. The first-order valence-corrected chi connectivity index (χ1v) is 7.67. The first kappa shape index (κ1) is 16.7. The van der Waals surface area contributed by atoms with Gasteiger partial charge in [0.1, 0.15) is 12.2 Å². The molecule has 0 bridgehead atoms. The molecule has 3 rings (SSSR count). The first-order chi connectivity index (χ1) is 12.2. The van der Waals surface area contributed by atoms with Crippen LogP contribution in [0.5, 0.6) is 5.88 Å². The zero-order valence-corrected chi connectivity index (χ0v) is 13.6. The molecule has 0 aliphatic carbocycles.